The molecule has 7 nitrogen and oxygen atoms in total. The van der Waals surface area contributed by atoms with Crippen molar-refractivity contribution in [3.05, 3.63) is 52.3 Å². The minimum absolute atomic E-state index is 0.518. The number of ether oxygens (including phenoxy) is 2. The summed E-state index contributed by atoms with van der Waals surface area (Å²) in [7, 11) is 3.36. The maximum absolute atomic E-state index is 5.84. The number of halogens is 1. The molecule has 0 spiro atoms. The molecule has 1 aliphatic rings. The summed E-state index contributed by atoms with van der Waals surface area (Å²) in [6.45, 7) is 7.25. The Hall–Kier alpha value is -2.51. The molecule has 0 fully saturated rings. The number of hydrogen-bond donors (Lipinski definition) is 2. The minimum Gasteiger partial charge on any atom is -0.493 e. The molecule has 8 heteroatoms. The summed E-state index contributed by atoms with van der Waals surface area (Å²) >= 11 is 5.84. The molecule has 0 atom stereocenters. The molecule has 2 aromatic rings. The Kier molecular flexibility index (Phi) is 8.79. The number of methoxy groups -OCH3 is 2. The summed E-state index contributed by atoms with van der Waals surface area (Å²) in [5.74, 6) is 2.43. The van der Waals surface area contributed by atoms with Crippen molar-refractivity contribution in [2.24, 2.45) is 4.99 Å². The Labute approximate surface area is 189 Å². The van der Waals surface area contributed by atoms with Gasteiger partial charge >= 0.3 is 0 Å². The van der Waals surface area contributed by atoms with Crippen molar-refractivity contribution in [1.82, 2.24) is 20.5 Å². The second kappa shape index (κ2) is 11.8. The lowest BCUT2D eigenvalue weighted by Crippen LogP contribution is -2.39. The van der Waals surface area contributed by atoms with Crippen molar-refractivity contribution in [3.63, 3.8) is 0 Å². The van der Waals surface area contributed by atoms with Crippen LogP contribution >= 0.6 is 11.6 Å². The van der Waals surface area contributed by atoms with Gasteiger partial charge in [-0.2, -0.15) is 0 Å². The molecule has 0 radical (unpaired) electrons. The maximum atomic E-state index is 5.84. The molecule has 1 aromatic carbocycles. The minimum atomic E-state index is 0.518. The van der Waals surface area contributed by atoms with Crippen LogP contribution in [-0.4, -0.2) is 62.8 Å². The van der Waals surface area contributed by atoms with E-state index < -0.39 is 0 Å². The number of guanidine groups is 1. The number of nitrogens with zero attached hydrogens (tertiary/aromatic N) is 3. The van der Waals surface area contributed by atoms with Gasteiger partial charge in [-0.05, 0) is 54.7 Å². The lowest BCUT2D eigenvalue weighted by atomic mass is 9.99. The van der Waals surface area contributed by atoms with Crippen LogP contribution in [-0.2, 0) is 19.4 Å². The molecule has 168 valence electrons. The summed E-state index contributed by atoms with van der Waals surface area (Å²) in [6, 6.07) is 8.02. The fourth-order valence-electron chi connectivity index (χ4n) is 3.66. The van der Waals surface area contributed by atoms with Gasteiger partial charge in [0.25, 0.3) is 0 Å². The standard InChI is InChI=1S/C23H32ClN5O2/c1-4-25-23(26-9-7-17-5-6-22(24)28-15-17)27-10-12-29-11-8-18-13-20(30-2)21(31-3)14-19(18)16-29/h5-6,13-15H,4,7-12,16H2,1-3H3,(H2,25,26,27). The summed E-state index contributed by atoms with van der Waals surface area (Å²) in [5.41, 5.74) is 3.78. The second-order valence-corrected chi connectivity index (χ2v) is 7.82. The SMILES string of the molecule is CCNC(=NCCN1CCc2cc(OC)c(OC)cc2C1)NCCc1ccc(Cl)nc1. The number of aromatic nitrogens is 1. The topological polar surface area (TPSA) is 71.0 Å². The molecule has 0 bridgehead atoms. The number of fused-ring (bicyclic) bond motifs is 1. The highest BCUT2D eigenvalue weighted by Crippen LogP contribution is 2.33. The van der Waals surface area contributed by atoms with Crippen LogP contribution in [0, 0.1) is 0 Å². The predicted molar refractivity (Wildman–Crippen MR) is 125 cm³/mol. The maximum Gasteiger partial charge on any atom is 0.191 e. The summed E-state index contributed by atoms with van der Waals surface area (Å²) in [4.78, 5) is 11.3. The fourth-order valence-corrected chi connectivity index (χ4v) is 3.77. The molecule has 0 amide bonds. The average Bonchev–Trinajstić information content (AvgIpc) is 2.79. The molecule has 2 N–H and O–H groups in total. The third-order valence-electron chi connectivity index (χ3n) is 5.32. The molecule has 1 aromatic heterocycles. The van der Waals surface area contributed by atoms with Crippen LogP contribution in [0.25, 0.3) is 0 Å². The Morgan fingerprint density at radius 1 is 1.16 bits per heavy atom. The monoisotopic (exact) mass is 445 g/mol. The number of rotatable bonds is 9. The van der Waals surface area contributed by atoms with E-state index in [4.69, 9.17) is 26.1 Å². The summed E-state index contributed by atoms with van der Waals surface area (Å²) in [6.07, 6.45) is 3.68. The number of benzene rings is 1. The first-order valence-corrected chi connectivity index (χ1v) is 11.1. The van der Waals surface area contributed by atoms with Gasteiger partial charge in [0.05, 0.1) is 20.8 Å². The van der Waals surface area contributed by atoms with Crippen LogP contribution in [0.2, 0.25) is 5.15 Å². The van der Waals surface area contributed by atoms with Crippen molar-refractivity contribution in [3.8, 4) is 11.5 Å². The van der Waals surface area contributed by atoms with Crippen LogP contribution in [0.1, 0.15) is 23.6 Å². The van der Waals surface area contributed by atoms with Crippen molar-refractivity contribution in [2.45, 2.75) is 26.3 Å². The molecular weight excluding hydrogens is 414 g/mol. The molecule has 0 aliphatic carbocycles. The van der Waals surface area contributed by atoms with E-state index in [1.807, 2.05) is 18.3 Å². The van der Waals surface area contributed by atoms with Gasteiger partial charge in [0.2, 0.25) is 0 Å². The van der Waals surface area contributed by atoms with Crippen molar-refractivity contribution >= 4 is 17.6 Å². The smallest absolute Gasteiger partial charge is 0.191 e. The highest BCUT2D eigenvalue weighted by molar-refractivity contribution is 6.29. The van der Waals surface area contributed by atoms with E-state index in [2.05, 4.69) is 39.6 Å². The first-order valence-electron chi connectivity index (χ1n) is 10.7. The van der Waals surface area contributed by atoms with Gasteiger partial charge in [-0.1, -0.05) is 17.7 Å². The van der Waals surface area contributed by atoms with E-state index in [9.17, 15) is 0 Å². The molecule has 0 unspecified atom stereocenters. The first-order chi connectivity index (χ1) is 15.1. The molecule has 0 saturated heterocycles. The molecule has 3 rings (SSSR count). The Morgan fingerprint density at radius 2 is 1.94 bits per heavy atom. The number of aliphatic imine (C=N–C) groups is 1. The molecule has 31 heavy (non-hydrogen) atoms. The van der Waals surface area contributed by atoms with Gasteiger partial charge in [0, 0.05) is 38.9 Å². The number of nitrogens with one attached hydrogen (secondary N) is 2. The predicted octanol–water partition coefficient (Wildman–Crippen LogP) is 2.91. The quantitative estimate of drug-likeness (QED) is 0.351. The van der Waals surface area contributed by atoms with Gasteiger partial charge in [-0.3, -0.25) is 9.89 Å². The van der Waals surface area contributed by atoms with E-state index in [1.165, 1.54) is 11.1 Å². The third kappa shape index (κ3) is 6.74. The van der Waals surface area contributed by atoms with Gasteiger partial charge in [0.1, 0.15) is 5.15 Å². The number of hydrogen-bond acceptors (Lipinski definition) is 5. The molecule has 0 saturated carbocycles. The average molecular weight is 446 g/mol. The lowest BCUT2D eigenvalue weighted by molar-refractivity contribution is 0.260. The van der Waals surface area contributed by atoms with Crippen molar-refractivity contribution in [1.29, 1.82) is 0 Å². The highest BCUT2D eigenvalue weighted by Gasteiger charge is 2.19. The van der Waals surface area contributed by atoms with Crippen LogP contribution in [0.3, 0.4) is 0 Å². The third-order valence-corrected chi connectivity index (χ3v) is 5.55. The Morgan fingerprint density at radius 3 is 2.61 bits per heavy atom. The lowest BCUT2D eigenvalue weighted by Gasteiger charge is -2.29. The zero-order chi connectivity index (χ0) is 22.1. The van der Waals surface area contributed by atoms with Crippen LogP contribution < -0.4 is 20.1 Å². The molecular formula is C23H32ClN5O2. The van der Waals surface area contributed by atoms with E-state index >= 15 is 0 Å². The van der Waals surface area contributed by atoms with E-state index in [0.717, 1.165) is 75.1 Å². The van der Waals surface area contributed by atoms with Crippen LogP contribution in [0.5, 0.6) is 11.5 Å². The van der Waals surface area contributed by atoms with Crippen molar-refractivity contribution < 1.29 is 9.47 Å². The zero-order valence-corrected chi connectivity index (χ0v) is 19.3. The molecule has 2 heterocycles. The van der Waals surface area contributed by atoms with Gasteiger partial charge in [0.15, 0.2) is 17.5 Å². The van der Waals surface area contributed by atoms with Gasteiger partial charge < -0.3 is 20.1 Å². The van der Waals surface area contributed by atoms with Gasteiger partial charge in [-0.15, -0.1) is 0 Å². The largest absolute Gasteiger partial charge is 0.493 e. The normalized spacial score (nSPS) is 14.1. The summed E-state index contributed by atoms with van der Waals surface area (Å²) in [5, 5.41) is 7.22. The van der Waals surface area contributed by atoms with Gasteiger partial charge in [-0.25, -0.2) is 4.98 Å². The number of pyridine rings is 1. The van der Waals surface area contributed by atoms with E-state index in [1.54, 1.807) is 14.2 Å². The van der Waals surface area contributed by atoms with E-state index in [0.29, 0.717) is 5.15 Å². The summed E-state index contributed by atoms with van der Waals surface area (Å²) < 4.78 is 10.9. The fraction of sp³-hybridized carbons (Fsp3) is 0.478. The highest BCUT2D eigenvalue weighted by atomic mass is 35.5. The molecule has 1 aliphatic heterocycles. The zero-order valence-electron chi connectivity index (χ0n) is 18.6. The van der Waals surface area contributed by atoms with Crippen LogP contribution in [0.15, 0.2) is 35.5 Å². The second-order valence-electron chi connectivity index (χ2n) is 7.43. The van der Waals surface area contributed by atoms with Crippen LogP contribution in [0.4, 0.5) is 0 Å². The van der Waals surface area contributed by atoms with Crippen molar-refractivity contribution in [2.75, 3.05) is 46.9 Å². The first kappa shape index (κ1) is 23.2. The Bertz CT molecular complexity index is 873. The van der Waals surface area contributed by atoms with E-state index in [-0.39, 0.29) is 0 Å². The Balaban J connectivity index is 1.50.